The van der Waals surface area contributed by atoms with Crippen molar-refractivity contribution < 1.29 is 29.6 Å². The second-order valence-electron chi connectivity index (χ2n) is 10.2. The summed E-state index contributed by atoms with van der Waals surface area (Å²) in [5, 5.41) is 29.0. The number of ether oxygens (including phenoxy) is 1. The molecule has 0 fully saturated rings. The SMILES string of the molecule is CCC(C)(C)C(=O)OC1CC(C)C=C2C=C[C@H](C)C(CC[C@@H](O)C[C@@H](O)CC(=O)O)[C@H]21.N. The Morgan fingerprint density at radius 3 is 2.47 bits per heavy atom. The first kappa shape index (κ1) is 28.3. The van der Waals surface area contributed by atoms with E-state index in [1.807, 2.05) is 20.8 Å². The van der Waals surface area contributed by atoms with Gasteiger partial charge >= 0.3 is 11.9 Å². The lowest BCUT2D eigenvalue weighted by molar-refractivity contribution is -0.164. The molecule has 0 radical (unpaired) electrons. The van der Waals surface area contributed by atoms with Crippen LogP contribution in [0.2, 0.25) is 0 Å². The van der Waals surface area contributed by atoms with Crippen LogP contribution in [0.3, 0.4) is 0 Å². The predicted octanol–water partition coefficient (Wildman–Crippen LogP) is 4.27. The number of hydrogen-bond donors (Lipinski definition) is 4. The second-order valence-corrected chi connectivity index (χ2v) is 10.2. The van der Waals surface area contributed by atoms with Crippen LogP contribution in [0.4, 0.5) is 0 Å². The number of fused-ring (bicyclic) bond motifs is 1. The molecular formula is C25H43NO6. The highest BCUT2D eigenvalue weighted by molar-refractivity contribution is 5.76. The highest BCUT2D eigenvalue weighted by atomic mass is 16.5. The Balaban J connectivity index is 0.00000512. The zero-order valence-corrected chi connectivity index (χ0v) is 20.3. The third kappa shape index (κ3) is 7.42. The van der Waals surface area contributed by atoms with Crippen molar-refractivity contribution in [1.82, 2.24) is 6.15 Å². The molecule has 0 saturated carbocycles. The number of allylic oxidation sites excluding steroid dienone is 3. The highest BCUT2D eigenvalue weighted by Gasteiger charge is 2.42. The molecule has 0 spiro atoms. The van der Waals surface area contributed by atoms with Gasteiger partial charge in [-0.25, -0.2) is 0 Å². The van der Waals surface area contributed by atoms with Crippen LogP contribution >= 0.6 is 0 Å². The summed E-state index contributed by atoms with van der Waals surface area (Å²) >= 11 is 0. The second kappa shape index (κ2) is 12.0. The van der Waals surface area contributed by atoms with E-state index in [1.54, 1.807) is 0 Å². The first-order chi connectivity index (χ1) is 14.4. The number of aliphatic hydroxyl groups excluding tert-OH is 2. The van der Waals surface area contributed by atoms with Gasteiger partial charge in [0.1, 0.15) is 6.10 Å². The van der Waals surface area contributed by atoms with Gasteiger partial charge in [-0.3, -0.25) is 9.59 Å². The van der Waals surface area contributed by atoms with Crippen LogP contribution in [0, 0.1) is 29.1 Å². The molecule has 2 rings (SSSR count). The Hall–Kier alpha value is -1.70. The fraction of sp³-hybridized carbons (Fsp3) is 0.760. The fourth-order valence-corrected chi connectivity index (χ4v) is 4.76. The average molecular weight is 454 g/mol. The minimum Gasteiger partial charge on any atom is -0.481 e. The molecule has 32 heavy (non-hydrogen) atoms. The maximum absolute atomic E-state index is 12.8. The highest BCUT2D eigenvalue weighted by Crippen LogP contribution is 2.45. The summed E-state index contributed by atoms with van der Waals surface area (Å²) < 4.78 is 6.10. The van der Waals surface area contributed by atoms with Crippen molar-refractivity contribution in [3.05, 3.63) is 23.8 Å². The van der Waals surface area contributed by atoms with Crippen molar-refractivity contribution in [2.45, 2.75) is 91.5 Å². The monoisotopic (exact) mass is 453 g/mol. The molecule has 7 atom stereocenters. The van der Waals surface area contributed by atoms with Gasteiger partial charge in [-0.15, -0.1) is 0 Å². The molecule has 0 aromatic carbocycles. The predicted molar refractivity (Wildman–Crippen MR) is 124 cm³/mol. The Bertz CT molecular complexity index is 701. The van der Waals surface area contributed by atoms with Gasteiger partial charge in [0.05, 0.1) is 24.0 Å². The summed E-state index contributed by atoms with van der Waals surface area (Å²) in [7, 11) is 0. The Labute approximate surface area is 192 Å². The molecule has 0 saturated heterocycles. The van der Waals surface area contributed by atoms with Crippen molar-refractivity contribution in [1.29, 1.82) is 0 Å². The van der Waals surface area contributed by atoms with Crippen molar-refractivity contribution in [3.8, 4) is 0 Å². The fourth-order valence-electron chi connectivity index (χ4n) is 4.76. The van der Waals surface area contributed by atoms with Gasteiger partial charge in [-0.1, -0.05) is 39.0 Å². The molecule has 6 N–H and O–H groups in total. The van der Waals surface area contributed by atoms with Gasteiger partial charge in [0.25, 0.3) is 0 Å². The van der Waals surface area contributed by atoms with E-state index in [1.165, 1.54) is 5.57 Å². The average Bonchev–Trinajstić information content (AvgIpc) is 2.66. The van der Waals surface area contributed by atoms with Crippen molar-refractivity contribution in [3.63, 3.8) is 0 Å². The van der Waals surface area contributed by atoms with Gasteiger partial charge in [0, 0.05) is 5.92 Å². The van der Waals surface area contributed by atoms with Crippen molar-refractivity contribution in [2.75, 3.05) is 0 Å². The van der Waals surface area contributed by atoms with E-state index in [0.29, 0.717) is 25.2 Å². The lowest BCUT2D eigenvalue weighted by Gasteiger charge is -2.44. The van der Waals surface area contributed by atoms with Crippen LogP contribution in [0.5, 0.6) is 0 Å². The van der Waals surface area contributed by atoms with Crippen molar-refractivity contribution >= 4 is 11.9 Å². The molecule has 7 heteroatoms. The van der Waals surface area contributed by atoms with E-state index in [0.717, 1.165) is 6.42 Å². The molecule has 0 bridgehead atoms. The lowest BCUT2D eigenvalue weighted by atomic mass is 9.65. The van der Waals surface area contributed by atoms with Gasteiger partial charge in [0.2, 0.25) is 0 Å². The number of carbonyl (C=O) groups is 2. The van der Waals surface area contributed by atoms with Gasteiger partial charge < -0.3 is 26.2 Å². The van der Waals surface area contributed by atoms with Crippen LogP contribution in [-0.4, -0.2) is 45.6 Å². The summed E-state index contributed by atoms with van der Waals surface area (Å²) in [6.45, 7) is 10.1. The van der Waals surface area contributed by atoms with Gasteiger partial charge in [-0.05, 0) is 69.3 Å². The lowest BCUT2D eigenvalue weighted by Crippen LogP contribution is -2.43. The van der Waals surface area contributed by atoms with Gasteiger partial charge in [-0.2, -0.15) is 0 Å². The molecule has 2 aliphatic rings. The zero-order valence-electron chi connectivity index (χ0n) is 20.3. The molecule has 3 unspecified atom stereocenters. The van der Waals surface area contributed by atoms with E-state index in [4.69, 9.17) is 9.84 Å². The minimum absolute atomic E-state index is 0. The molecule has 0 aromatic rings. The maximum atomic E-state index is 12.8. The van der Waals surface area contributed by atoms with Crippen LogP contribution in [0.15, 0.2) is 23.8 Å². The summed E-state index contributed by atoms with van der Waals surface area (Å²) in [6.07, 6.45) is 6.98. The Morgan fingerprint density at radius 2 is 1.88 bits per heavy atom. The number of rotatable bonds is 10. The number of carboxylic acids is 1. The van der Waals surface area contributed by atoms with Crippen LogP contribution < -0.4 is 6.15 Å². The van der Waals surface area contributed by atoms with E-state index in [-0.39, 0.29) is 48.8 Å². The van der Waals surface area contributed by atoms with Crippen LogP contribution in [0.25, 0.3) is 0 Å². The number of hydrogen-bond acceptors (Lipinski definition) is 6. The van der Waals surface area contributed by atoms with E-state index in [2.05, 4.69) is 32.1 Å². The molecule has 7 nitrogen and oxygen atoms in total. The molecule has 0 heterocycles. The molecule has 0 amide bonds. The summed E-state index contributed by atoms with van der Waals surface area (Å²) in [5.41, 5.74) is 0.682. The summed E-state index contributed by atoms with van der Waals surface area (Å²) in [6, 6.07) is 0. The standard InChI is InChI=1S/C25H40O6.H3N/c1-6-25(4,5)24(30)31-21-12-15(2)11-17-8-7-16(3)20(23(17)21)10-9-18(26)13-19(27)14-22(28)29;/h7-8,11,15-16,18-21,23,26-27H,6,9-10,12-14H2,1-5H3,(H,28,29);1H3/t15?,16-,18+,19+,20?,21?,23-;/m0./s1. The quantitative estimate of drug-likeness (QED) is 0.362. The largest absolute Gasteiger partial charge is 0.481 e. The molecule has 184 valence electrons. The van der Waals surface area contributed by atoms with E-state index >= 15 is 0 Å². The Morgan fingerprint density at radius 1 is 1.22 bits per heavy atom. The third-order valence-corrected chi connectivity index (χ3v) is 7.08. The topological polar surface area (TPSA) is 139 Å². The number of carboxylic acid groups (broad SMARTS) is 1. The number of esters is 1. The van der Waals surface area contributed by atoms with E-state index < -0.39 is 23.6 Å². The molecule has 0 aromatic heterocycles. The number of aliphatic hydroxyl groups is 2. The molecular weight excluding hydrogens is 410 g/mol. The maximum Gasteiger partial charge on any atom is 0.311 e. The smallest absolute Gasteiger partial charge is 0.311 e. The third-order valence-electron chi connectivity index (χ3n) is 7.08. The van der Waals surface area contributed by atoms with Gasteiger partial charge in [0.15, 0.2) is 0 Å². The first-order valence-corrected chi connectivity index (χ1v) is 11.6. The zero-order chi connectivity index (χ0) is 23.3. The summed E-state index contributed by atoms with van der Waals surface area (Å²) in [5.74, 6) is -0.347. The molecule has 0 aliphatic heterocycles. The summed E-state index contributed by atoms with van der Waals surface area (Å²) in [4.78, 5) is 23.6. The molecule has 2 aliphatic carbocycles. The number of carbonyl (C=O) groups excluding carboxylic acids is 1. The Kier molecular flexibility index (Phi) is 10.6. The number of aliphatic carboxylic acids is 1. The van der Waals surface area contributed by atoms with Crippen LogP contribution in [0.1, 0.15) is 73.1 Å². The normalized spacial score (nSPS) is 29.2. The van der Waals surface area contributed by atoms with Crippen molar-refractivity contribution in [2.24, 2.45) is 29.1 Å². The minimum atomic E-state index is -1.07. The van der Waals surface area contributed by atoms with Crippen LogP contribution in [-0.2, 0) is 14.3 Å². The van der Waals surface area contributed by atoms with E-state index in [9.17, 15) is 19.8 Å². The first-order valence-electron chi connectivity index (χ1n) is 11.6.